The van der Waals surface area contributed by atoms with Crippen LogP contribution >= 0.6 is 0 Å². The highest BCUT2D eigenvalue weighted by Gasteiger charge is 2.29. The Morgan fingerprint density at radius 3 is 2.62 bits per heavy atom. The van der Waals surface area contributed by atoms with Crippen molar-refractivity contribution in [2.75, 3.05) is 18.1 Å². The zero-order valence-electron chi connectivity index (χ0n) is 16.1. The molecular weight excluding hydrogens is 362 g/mol. The van der Waals surface area contributed by atoms with Gasteiger partial charge in [0.05, 0.1) is 5.71 Å². The van der Waals surface area contributed by atoms with Gasteiger partial charge in [-0.1, -0.05) is 30.3 Å². The first-order valence-electron chi connectivity index (χ1n) is 9.74. The number of furan rings is 1. The number of rotatable bonds is 4. The van der Waals surface area contributed by atoms with Crippen molar-refractivity contribution >= 4 is 44.9 Å². The van der Waals surface area contributed by atoms with Gasteiger partial charge in [-0.15, -0.1) is 0 Å². The quantitative estimate of drug-likeness (QED) is 0.385. The fourth-order valence-corrected chi connectivity index (χ4v) is 3.75. The maximum atomic E-state index is 12.2. The Morgan fingerprint density at radius 2 is 1.83 bits per heavy atom. The van der Waals surface area contributed by atoms with Crippen molar-refractivity contribution in [1.29, 1.82) is 0 Å². The van der Waals surface area contributed by atoms with E-state index in [1.165, 1.54) is 0 Å². The maximum absolute atomic E-state index is 12.2. The monoisotopic (exact) mass is 383 g/mol. The van der Waals surface area contributed by atoms with Gasteiger partial charge in [-0.2, -0.15) is 0 Å². The molecule has 1 aromatic heterocycles. The standard InChI is InChI=1S/C24H21N3O2/c1-26-22(19-13-15(11-12-20(19)25)27-24(28)14-9-10-14)18-7-4-6-17-16-5-2-3-8-21(16)29-23(17)18/h2-8,11-14H,9-10,25H2,1H3,(H,27,28)/b26-22-. The summed E-state index contributed by atoms with van der Waals surface area (Å²) in [6.45, 7) is 0. The zero-order chi connectivity index (χ0) is 20.0. The molecule has 4 aromatic rings. The molecule has 1 heterocycles. The van der Waals surface area contributed by atoms with Gasteiger partial charge in [-0.05, 0) is 43.2 Å². The lowest BCUT2D eigenvalue weighted by Crippen LogP contribution is -2.14. The van der Waals surface area contributed by atoms with E-state index in [9.17, 15) is 4.79 Å². The van der Waals surface area contributed by atoms with E-state index in [4.69, 9.17) is 10.2 Å². The molecule has 5 heteroatoms. The summed E-state index contributed by atoms with van der Waals surface area (Å²) in [4.78, 5) is 16.7. The Hall–Kier alpha value is -3.60. The number of nitrogen functional groups attached to an aromatic ring is 1. The zero-order valence-corrected chi connectivity index (χ0v) is 16.1. The van der Waals surface area contributed by atoms with Gasteiger partial charge in [-0.3, -0.25) is 9.79 Å². The van der Waals surface area contributed by atoms with Crippen LogP contribution in [0, 0.1) is 5.92 Å². The number of benzene rings is 3. The molecule has 5 rings (SSSR count). The third-order valence-corrected chi connectivity index (χ3v) is 5.41. The van der Waals surface area contributed by atoms with E-state index < -0.39 is 0 Å². The van der Waals surface area contributed by atoms with E-state index in [2.05, 4.69) is 16.4 Å². The second-order valence-electron chi connectivity index (χ2n) is 7.42. The van der Waals surface area contributed by atoms with Gasteiger partial charge < -0.3 is 15.5 Å². The van der Waals surface area contributed by atoms with Gasteiger partial charge >= 0.3 is 0 Å². The number of aliphatic imine (C=N–C) groups is 1. The lowest BCUT2D eigenvalue weighted by atomic mass is 9.98. The number of carbonyl (C=O) groups excluding carboxylic acids is 1. The van der Waals surface area contributed by atoms with E-state index in [1.54, 1.807) is 7.05 Å². The van der Waals surface area contributed by atoms with Crippen molar-refractivity contribution in [3.8, 4) is 0 Å². The predicted molar refractivity (Wildman–Crippen MR) is 117 cm³/mol. The number of nitrogens with two attached hydrogens (primary N) is 1. The first kappa shape index (κ1) is 17.5. The number of nitrogens with zero attached hydrogens (tertiary/aromatic N) is 1. The highest BCUT2D eigenvalue weighted by molar-refractivity contribution is 6.23. The van der Waals surface area contributed by atoms with Gasteiger partial charge in [0.2, 0.25) is 5.91 Å². The smallest absolute Gasteiger partial charge is 0.227 e. The molecule has 3 N–H and O–H groups in total. The fraction of sp³-hybridized carbons (Fsp3) is 0.167. The van der Waals surface area contributed by atoms with Crippen LogP contribution in [0.3, 0.4) is 0 Å². The molecule has 1 aliphatic rings. The van der Waals surface area contributed by atoms with Gasteiger partial charge in [0, 0.05) is 46.2 Å². The van der Waals surface area contributed by atoms with Crippen molar-refractivity contribution in [2.45, 2.75) is 12.8 Å². The predicted octanol–water partition coefficient (Wildman–Crippen LogP) is 4.98. The summed E-state index contributed by atoms with van der Waals surface area (Å²) >= 11 is 0. The summed E-state index contributed by atoms with van der Waals surface area (Å²) in [7, 11) is 1.74. The van der Waals surface area contributed by atoms with Crippen molar-refractivity contribution in [2.24, 2.45) is 10.9 Å². The lowest BCUT2D eigenvalue weighted by Gasteiger charge is -2.13. The summed E-state index contributed by atoms with van der Waals surface area (Å²) < 4.78 is 6.17. The molecule has 0 spiro atoms. The van der Waals surface area contributed by atoms with Crippen LogP contribution in [0.5, 0.6) is 0 Å². The molecule has 5 nitrogen and oxygen atoms in total. The average Bonchev–Trinajstić information content (AvgIpc) is 3.52. The Bertz CT molecular complexity index is 1280. The van der Waals surface area contributed by atoms with Crippen LogP contribution in [0.2, 0.25) is 0 Å². The normalized spacial score (nSPS) is 14.4. The van der Waals surface area contributed by atoms with Gasteiger partial charge in [0.1, 0.15) is 11.2 Å². The van der Waals surface area contributed by atoms with Crippen LogP contribution in [-0.2, 0) is 4.79 Å². The van der Waals surface area contributed by atoms with E-state index in [-0.39, 0.29) is 11.8 Å². The third-order valence-electron chi connectivity index (χ3n) is 5.41. The molecule has 1 saturated carbocycles. The van der Waals surface area contributed by atoms with E-state index in [0.717, 1.165) is 57.3 Å². The van der Waals surface area contributed by atoms with Crippen molar-refractivity contribution in [1.82, 2.24) is 0 Å². The molecule has 0 aliphatic heterocycles. The molecule has 3 aromatic carbocycles. The number of nitrogens with one attached hydrogen (secondary N) is 1. The minimum atomic E-state index is 0.0649. The Kier molecular flexibility index (Phi) is 4.09. The molecular formula is C24H21N3O2. The largest absolute Gasteiger partial charge is 0.455 e. The number of carbonyl (C=O) groups is 1. The molecule has 1 aliphatic carbocycles. The number of fused-ring (bicyclic) bond motifs is 3. The van der Waals surface area contributed by atoms with Gasteiger partial charge in [0.25, 0.3) is 0 Å². The maximum Gasteiger partial charge on any atom is 0.227 e. The number of para-hydroxylation sites is 2. The van der Waals surface area contributed by atoms with Crippen LogP contribution < -0.4 is 11.1 Å². The molecule has 0 atom stereocenters. The number of anilines is 2. The number of amides is 1. The van der Waals surface area contributed by atoms with Crippen LogP contribution in [-0.4, -0.2) is 18.7 Å². The SMILES string of the molecule is C/N=C(\c1cc(NC(=O)C2CC2)ccc1N)c1cccc2c1oc1ccccc12. The minimum Gasteiger partial charge on any atom is -0.455 e. The second kappa shape index (κ2) is 6.78. The van der Waals surface area contributed by atoms with E-state index in [1.807, 2.05) is 54.6 Å². The Balaban J connectivity index is 1.63. The topological polar surface area (TPSA) is 80.6 Å². The summed E-state index contributed by atoms with van der Waals surface area (Å²) in [5, 5.41) is 5.09. The van der Waals surface area contributed by atoms with Gasteiger partial charge in [-0.25, -0.2) is 0 Å². The summed E-state index contributed by atoms with van der Waals surface area (Å²) in [5.41, 5.74) is 11.6. The molecule has 29 heavy (non-hydrogen) atoms. The van der Waals surface area contributed by atoms with E-state index >= 15 is 0 Å². The first-order chi connectivity index (χ1) is 14.2. The second-order valence-corrected chi connectivity index (χ2v) is 7.42. The molecule has 1 fully saturated rings. The van der Waals surface area contributed by atoms with Crippen molar-refractivity contribution < 1.29 is 9.21 Å². The third kappa shape index (κ3) is 3.05. The van der Waals surface area contributed by atoms with Crippen LogP contribution in [0.4, 0.5) is 11.4 Å². The average molecular weight is 383 g/mol. The molecule has 0 bridgehead atoms. The van der Waals surface area contributed by atoms with E-state index in [0.29, 0.717) is 5.69 Å². The van der Waals surface area contributed by atoms with Crippen LogP contribution in [0.1, 0.15) is 24.0 Å². The van der Waals surface area contributed by atoms with Crippen molar-refractivity contribution in [3.05, 3.63) is 71.8 Å². The summed E-state index contributed by atoms with van der Waals surface area (Å²) in [5.74, 6) is 0.203. The van der Waals surface area contributed by atoms with Crippen LogP contribution in [0.15, 0.2) is 70.1 Å². The molecule has 1 amide bonds. The number of hydrogen-bond donors (Lipinski definition) is 2. The minimum absolute atomic E-state index is 0.0649. The highest BCUT2D eigenvalue weighted by atomic mass is 16.3. The molecule has 0 unspecified atom stereocenters. The molecule has 144 valence electrons. The molecule has 0 radical (unpaired) electrons. The lowest BCUT2D eigenvalue weighted by molar-refractivity contribution is -0.117. The van der Waals surface area contributed by atoms with Crippen LogP contribution in [0.25, 0.3) is 21.9 Å². The van der Waals surface area contributed by atoms with Crippen molar-refractivity contribution in [3.63, 3.8) is 0 Å². The Morgan fingerprint density at radius 1 is 1.03 bits per heavy atom. The number of hydrogen-bond acceptors (Lipinski definition) is 4. The van der Waals surface area contributed by atoms with Gasteiger partial charge in [0.15, 0.2) is 0 Å². The fourth-order valence-electron chi connectivity index (χ4n) is 3.75. The molecule has 0 saturated heterocycles. The summed E-state index contributed by atoms with van der Waals surface area (Å²) in [6, 6.07) is 19.5. The first-order valence-corrected chi connectivity index (χ1v) is 9.74. The summed E-state index contributed by atoms with van der Waals surface area (Å²) in [6.07, 6.45) is 1.92. The highest BCUT2D eigenvalue weighted by Crippen LogP contribution is 2.34. The Labute approximate surface area is 168 Å².